The number of halogens is 4. The lowest BCUT2D eigenvalue weighted by atomic mass is 9.57. The maximum Gasteiger partial charge on any atom is 0.406 e. The summed E-state index contributed by atoms with van der Waals surface area (Å²) in [5, 5.41) is 1.30. The fraction of sp³-hybridized carbons (Fsp3) is 0.280. The van der Waals surface area contributed by atoms with Crippen molar-refractivity contribution in [2.75, 3.05) is 0 Å². The van der Waals surface area contributed by atoms with Crippen LogP contribution in [0.5, 0.6) is 0 Å². The Bertz CT molecular complexity index is 1250. The molecule has 5 atom stereocenters. The fourth-order valence-electron chi connectivity index (χ4n) is 5.52. The van der Waals surface area contributed by atoms with Crippen LogP contribution in [0.4, 0.5) is 17.6 Å². The first-order valence-electron chi connectivity index (χ1n) is 10.6. The molecule has 1 N–H and O–H groups in total. The molecule has 0 bridgehead atoms. The van der Waals surface area contributed by atoms with E-state index in [1.54, 1.807) is 48.5 Å². The minimum atomic E-state index is -4.66. The lowest BCUT2D eigenvalue weighted by Gasteiger charge is -2.53. The van der Waals surface area contributed by atoms with Crippen LogP contribution in [0.3, 0.4) is 0 Å². The summed E-state index contributed by atoms with van der Waals surface area (Å²) in [6, 6.07) is 20.1. The molecule has 0 radical (unpaired) electrons. The Labute approximate surface area is 189 Å². The molecule has 8 heteroatoms. The molecule has 33 heavy (non-hydrogen) atoms. The average Bonchev–Trinajstić information content (AvgIpc) is 3.06. The van der Waals surface area contributed by atoms with Crippen molar-refractivity contribution < 1.29 is 26.0 Å². The van der Waals surface area contributed by atoms with Crippen LogP contribution in [0, 0.1) is 11.7 Å². The number of hydrogen-bond acceptors (Lipinski definition) is 3. The Kier molecular flexibility index (Phi) is 5.14. The number of rotatable bonds is 4. The zero-order valence-electron chi connectivity index (χ0n) is 17.3. The van der Waals surface area contributed by atoms with Crippen LogP contribution in [0.15, 0.2) is 89.8 Å². The van der Waals surface area contributed by atoms with Gasteiger partial charge < -0.3 is 0 Å². The van der Waals surface area contributed by atoms with Gasteiger partial charge in [0, 0.05) is 5.92 Å². The lowest BCUT2D eigenvalue weighted by molar-refractivity contribution is -0.234. The average molecular weight is 476 g/mol. The van der Waals surface area contributed by atoms with E-state index < -0.39 is 50.5 Å². The molecule has 0 aromatic heterocycles. The standard InChI is InChI=1S/C25H21F4NO2S/c26-18-13-11-17(12-14-18)22-23(33(31,32)19-9-5-2-6-10-19)21-20(16-7-3-1-4-8-16)15-24(21,30-22)25(27,28)29/h1-14,20-23,30H,15H2. The fourth-order valence-corrected chi connectivity index (χ4v) is 7.76. The Balaban J connectivity index is 1.70. The van der Waals surface area contributed by atoms with Crippen molar-refractivity contribution in [3.63, 3.8) is 0 Å². The molecular formula is C25H21F4NO2S. The molecule has 5 rings (SSSR count). The van der Waals surface area contributed by atoms with Gasteiger partial charge >= 0.3 is 6.18 Å². The van der Waals surface area contributed by atoms with Crippen molar-refractivity contribution in [2.24, 2.45) is 5.92 Å². The molecule has 1 saturated carbocycles. The van der Waals surface area contributed by atoms with Crippen LogP contribution in [-0.4, -0.2) is 25.4 Å². The molecule has 3 nitrogen and oxygen atoms in total. The molecule has 0 amide bonds. The van der Waals surface area contributed by atoms with Crippen molar-refractivity contribution in [1.29, 1.82) is 0 Å². The van der Waals surface area contributed by atoms with E-state index in [-0.39, 0.29) is 11.3 Å². The molecule has 1 heterocycles. The number of hydrogen-bond donors (Lipinski definition) is 1. The second-order valence-corrected chi connectivity index (χ2v) is 10.8. The summed E-state index contributed by atoms with van der Waals surface area (Å²) in [5.74, 6) is -2.37. The summed E-state index contributed by atoms with van der Waals surface area (Å²) in [7, 11) is -4.17. The van der Waals surface area contributed by atoms with Gasteiger partial charge in [0.05, 0.1) is 16.2 Å². The van der Waals surface area contributed by atoms with Gasteiger partial charge in [-0.3, -0.25) is 5.32 Å². The van der Waals surface area contributed by atoms with E-state index in [1.807, 2.05) is 0 Å². The van der Waals surface area contributed by atoms with Gasteiger partial charge in [-0.1, -0.05) is 60.7 Å². The predicted molar refractivity (Wildman–Crippen MR) is 116 cm³/mol. The van der Waals surface area contributed by atoms with E-state index in [2.05, 4.69) is 5.32 Å². The van der Waals surface area contributed by atoms with Gasteiger partial charge in [0.1, 0.15) is 11.4 Å². The van der Waals surface area contributed by atoms with Gasteiger partial charge in [-0.25, -0.2) is 12.8 Å². The number of benzene rings is 3. The van der Waals surface area contributed by atoms with Crippen LogP contribution in [0.1, 0.15) is 29.5 Å². The molecule has 3 aromatic carbocycles. The van der Waals surface area contributed by atoms with Crippen LogP contribution in [-0.2, 0) is 9.84 Å². The SMILES string of the molecule is O=S(=O)(c1ccccc1)C1C(c2ccc(F)cc2)NC2(C(F)(F)F)CC(c3ccccc3)C12. The number of fused-ring (bicyclic) bond motifs is 1. The van der Waals surface area contributed by atoms with E-state index in [4.69, 9.17) is 0 Å². The Morgan fingerprint density at radius 1 is 0.818 bits per heavy atom. The number of nitrogens with one attached hydrogen (secondary N) is 1. The van der Waals surface area contributed by atoms with E-state index in [9.17, 15) is 26.0 Å². The molecule has 1 aliphatic heterocycles. The third-order valence-electron chi connectivity index (χ3n) is 7.03. The van der Waals surface area contributed by atoms with E-state index in [0.717, 1.165) is 12.1 Å². The van der Waals surface area contributed by atoms with Crippen molar-refractivity contribution in [3.8, 4) is 0 Å². The van der Waals surface area contributed by atoms with Crippen LogP contribution < -0.4 is 5.32 Å². The first kappa shape index (κ1) is 22.1. The number of sulfone groups is 1. The van der Waals surface area contributed by atoms with Crippen LogP contribution in [0.2, 0.25) is 0 Å². The minimum Gasteiger partial charge on any atom is -0.295 e. The zero-order chi connectivity index (χ0) is 23.4. The summed E-state index contributed by atoms with van der Waals surface area (Å²) < 4.78 is 84.9. The van der Waals surface area contributed by atoms with Crippen LogP contribution >= 0.6 is 0 Å². The second-order valence-electron chi connectivity index (χ2n) is 8.71. The third-order valence-corrected chi connectivity index (χ3v) is 9.24. The molecule has 2 fully saturated rings. The van der Waals surface area contributed by atoms with E-state index in [0.29, 0.717) is 11.1 Å². The highest BCUT2D eigenvalue weighted by atomic mass is 32.2. The van der Waals surface area contributed by atoms with Crippen molar-refractivity contribution in [3.05, 3.63) is 102 Å². The molecule has 2 aliphatic rings. The Morgan fingerprint density at radius 3 is 1.97 bits per heavy atom. The molecular weight excluding hydrogens is 454 g/mol. The van der Waals surface area contributed by atoms with Crippen LogP contribution in [0.25, 0.3) is 0 Å². The zero-order valence-corrected chi connectivity index (χ0v) is 18.2. The second kappa shape index (κ2) is 7.67. The van der Waals surface area contributed by atoms with Crippen molar-refractivity contribution in [1.82, 2.24) is 5.32 Å². The summed E-state index contributed by atoms with van der Waals surface area (Å²) in [5.41, 5.74) is -1.36. The van der Waals surface area contributed by atoms with Crippen molar-refractivity contribution in [2.45, 2.75) is 40.2 Å². The van der Waals surface area contributed by atoms with Gasteiger partial charge in [-0.15, -0.1) is 0 Å². The summed E-state index contributed by atoms with van der Waals surface area (Å²) in [6.45, 7) is 0. The predicted octanol–water partition coefficient (Wildman–Crippen LogP) is 5.42. The van der Waals surface area contributed by atoms with Gasteiger partial charge in [0.2, 0.25) is 0 Å². The van der Waals surface area contributed by atoms with Gasteiger partial charge in [0.15, 0.2) is 9.84 Å². The topological polar surface area (TPSA) is 46.2 Å². The smallest absolute Gasteiger partial charge is 0.295 e. The van der Waals surface area contributed by atoms with Gasteiger partial charge in [0.25, 0.3) is 0 Å². The monoisotopic (exact) mass is 475 g/mol. The molecule has 5 unspecified atom stereocenters. The molecule has 172 valence electrons. The summed E-state index contributed by atoms with van der Waals surface area (Å²) in [6.07, 6.45) is -4.92. The highest BCUT2D eigenvalue weighted by Crippen LogP contribution is 2.65. The summed E-state index contributed by atoms with van der Waals surface area (Å²) >= 11 is 0. The molecule has 3 aromatic rings. The molecule has 1 saturated heterocycles. The molecule has 0 spiro atoms. The lowest BCUT2D eigenvalue weighted by Crippen LogP contribution is -2.67. The van der Waals surface area contributed by atoms with Gasteiger partial charge in [-0.2, -0.15) is 13.2 Å². The minimum absolute atomic E-state index is 0.0272. The summed E-state index contributed by atoms with van der Waals surface area (Å²) in [4.78, 5) is -0.0272. The third kappa shape index (κ3) is 3.38. The van der Waals surface area contributed by atoms with E-state index >= 15 is 0 Å². The maximum atomic E-state index is 14.5. The highest BCUT2D eigenvalue weighted by Gasteiger charge is 2.76. The first-order valence-corrected chi connectivity index (χ1v) is 12.1. The van der Waals surface area contributed by atoms with Crippen molar-refractivity contribution >= 4 is 9.84 Å². The molecule has 1 aliphatic carbocycles. The Morgan fingerprint density at radius 2 is 1.39 bits per heavy atom. The first-order chi connectivity index (χ1) is 15.6. The highest BCUT2D eigenvalue weighted by molar-refractivity contribution is 7.92. The quantitative estimate of drug-likeness (QED) is 0.513. The normalized spacial score (nSPS) is 29.3. The Hall–Kier alpha value is -2.71. The maximum absolute atomic E-state index is 14.5. The number of alkyl halides is 3. The largest absolute Gasteiger partial charge is 0.406 e. The van der Waals surface area contributed by atoms with Gasteiger partial charge in [-0.05, 0) is 47.7 Å². The van der Waals surface area contributed by atoms with E-state index in [1.165, 1.54) is 24.3 Å².